The van der Waals surface area contributed by atoms with Gasteiger partial charge in [-0.25, -0.2) is 9.97 Å². The van der Waals surface area contributed by atoms with Crippen molar-refractivity contribution in [2.75, 3.05) is 26.3 Å². The Labute approximate surface area is 144 Å². The molecule has 9 nitrogen and oxygen atoms in total. The van der Waals surface area contributed by atoms with E-state index in [9.17, 15) is 9.59 Å². The molecule has 0 spiro atoms. The molecule has 2 amide bonds. The van der Waals surface area contributed by atoms with Crippen molar-refractivity contribution in [3.63, 3.8) is 0 Å². The van der Waals surface area contributed by atoms with E-state index in [1.807, 2.05) is 0 Å². The highest BCUT2D eigenvalue weighted by molar-refractivity contribution is 5.96. The lowest BCUT2D eigenvalue weighted by molar-refractivity contribution is 0.0297. The van der Waals surface area contributed by atoms with Crippen LogP contribution in [0.4, 0.5) is 0 Å². The number of carbonyl (C=O) groups is 2. The van der Waals surface area contributed by atoms with E-state index in [1.165, 1.54) is 6.33 Å². The summed E-state index contributed by atoms with van der Waals surface area (Å²) in [7, 11) is 1.80. The molecule has 2 aromatic rings. The van der Waals surface area contributed by atoms with Crippen LogP contribution in [0.1, 0.15) is 32.2 Å². The second-order valence-corrected chi connectivity index (χ2v) is 6.06. The standard InChI is InChI=1S/C16H18N6O3/c1-20-13-9-22(15(23)12-2-3-17-10-18-12)8-11(13)14(19-20)16(24)21-4-6-25-7-5-21/h2-3,10H,4-9H2,1H3. The highest BCUT2D eigenvalue weighted by Crippen LogP contribution is 2.27. The Balaban J connectivity index is 1.57. The summed E-state index contributed by atoms with van der Waals surface area (Å²) in [5, 5.41) is 4.39. The largest absolute Gasteiger partial charge is 0.378 e. The minimum absolute atomic E-state index is 0.100. The van der Waals surface area contributed by atoms with E-state index in [0.717, 1.165) is 11.3 Å². The summed E-state index contributed by atoms with van der Waals surface area (Å²) in [5.41, 5.74) is 2.48. The quantitative estimate of drug-likeness (QED) is 0.753. The molecule has 4 rings (SSSR count). The van der Waals surface area contributed by atoms with Crippen molar-refractivity contribution in [1.29, 1.82) is 0 Å². The van der Waals surface area contributed by atoms with Crippen molar-refractivity contribution < 1.29 is 14.3 Å². The van der Waals surface area contributed by atoms with Crippen LogP contribution in [0.2, 0.25) is 0 Å². The number of aryl methyl sites for hydroxylation is 1. The SMILES string of the molecule is Cn1nc(C(=O)N2CCOCC2)c2c1CN(C(=O)c1ccncn1)C2. The van der Waals surface area contributed by atoms with Gasteiger partial charge >= 0.3 is 0 Å². The van der Waals surface area contributed by atoms with E-state index in [4.69, 9.17) is 4.74 Å². The number of rotatable bonds is 2. The summed E-state index contributed by atoms with van der Waals surface area (Å²) in [6, 6.07) is 1.59. The zero-order valence-corrected chi connectivity index (χ0v) is 13.9. The number of hydrogen-bond acceptors (Lipinski definition) is 6. The molecule has 1 fully saturated rings. The van der Waals surface area contributed by atoms with Crippen molar-refractivity contribution in [1.82, 2.24) is 29.5 Å². The van der Waals surface area contributed by atoms with Crippen molar-refractivity contribution in [2.45, 2.75) is 13.1 Å². The van der Waals surface area contributed by atoms with Gasteiger partial charge in [0.1, 0.15) is 12.0 Å². The van der Waals surface area contributed by atoms with Gasteiger partial charge in [0, 0.05) is 31.9 Å². The van der Waals surface area contributed by atoms with E-state index < -0.39 is 0 Å². The summed E-state index contributed by atoms with van der Waals surface area (Å²) in [5.74, 6) is -0.278. The second kappa shape index (κ2) is 6.25. The van der Waals surface area contributed by atoms with Crippen LogP contribution in [-0.2, 0) is 24.9 Å². The van der Waals surface area contributed by atoms with E-state index in [0.29, 0.717) is 50.8 Å². The van der Waals surface area contributed by atoms with Crippen LogP contribution >= 0.6 is 0 Å². The van der Waals surface area contributed by atoms with Gasteiger partial charge < -0.3 is 14.5 Å². The third kappa shape index (κ3) is 2.76. The molecule has 2 aliphatic rings. The molecule has 0 bridgehead atoms. The van der Waals surface area contributed by atoms with Crippen LogP contribution in [0.25, 0.3) is 0 Å². The summed E-state index contributed by atoms with van der Waals surface area (Å²) in [6.45, 7) is 2.98. The van der Waals surface area contributed by atoms with E-state index in [1.54, 1.807) is 33.8 Å². The van der Waals surface area contributed by atoms with Crippen LogP contribution < -0.4 is 0 Å². The van der Waals surface area contributed by atoms with Crippen LogP contribution in [0.15, 0.2) is 18.6 Å². The molecule has 0 radical (unpaired) electrons. The van der Waals surface area contributed by atoms with Crippen molar-refractivity contribution in [2.24, 2.45) is 7.05 Å². The van der Waals surface area contributed by atoms with Gasteiger partial charge in [0.15, 0.2) is 5.69 Å². The van der Waals surface area contributed by atoms with Gasteiger partial charge in [-0.15, -0.1) is 0 Å². The Kier molecular flexibility index (Phi) is 3.92. The Morgan fingerprint density at radius 2 is 1.92 bits per heavy atom. The van der Waals surface area contributed by atoms with Gasteiger partial charge in [0.25, 0.3) is 11.8 Å². The van der Waals surface area contributed by atoms with E-state index in [2.05, 4.69) is 15.1 Å². The van der Waals surface area contributed by atoms with Gasteiger partial charge in [0.2, 0.25) is 0 Å². The Bertz CT molecular complexity index is 813. The Hall–Kier alpha value is -2.81. The average molecular weight is 342 g/mol. The highest BCUT2D eigenvalue weighted by Gasteiger charge is 2.34. The van der Waals surface area contributed by atoms with Gasteiger partial charge in [0.05, 0.1) is 32.0 Å². The Morgan fingerprint density at radius 1 is 1.12 bits per heavy atom. The molecular weight excluding hydrogens is 324 g/mol. The van der Waals surface area contributed by atoms with Gasteiger partial charge in [-0.2, -0.15) is 5.10 Å². The third-order valence-corrected chi connectivity index (χ3v) is 4.55. The molecule has 1 saturated heterocycles. The maximum atomic E-state index is 12.8. The highest BCUT2D eigenvalue weighted by atomic mass is 16.5. The zero-order chi connectivity index (χ0) is 17.4. The van der Waals surface area contributed by atoms with Crippen LogP contribution in [0, 0.1) is 0 Å². The number of aromatic nitrogens is 4. The van der Waals surface area contributed by atoms with E-state index >= 15 is 0 Å². The van der Waals surface area contributed by atoms with Crippen molar-refractivity contribution >= 4 is 11.8 Å². The molecule has 0 atom stereocenters. The first-order valence-corrected chi connectivity index (χ1v) is 8.12. The molecule has 0 unspecified atom stereocenters. The topological polar surface area (TPSA) is 93.5 Å². The molecule has 9 heteroatoms. The molecule has 0 aliphatic carbocycles. The first-order valence-electron chi connectivity index (χ1n) is 8.12. The molecule has 25 heavy (non-hydrogen) atoms. The minimum Gasteiger partial charge on any atom is -0.378 e. The zero-order valence-electron chi connectivity index (χ0n) is 13.9. The predicted octanol–water partition coefficient (Wildman–Crippen LogP) is -0.161. The van der Waals surface area contributed by atoms with Gasteiger partial charge in [-0.1, -0.05) is 0 Å². The number of carbonyl (C=O) groups excluding carboxylic acids is 2. The summed E-state index contributed by atoms with van der Waals surface area (Å²) in [6.07, 6.45) is 2.89. The summed E-state index contributed by atoms with van der Waals surface area (Å²) >= 11 is 0. The summed E-state index contributed by atoms with van der Waals surface area (Å²) in [4.78, 5) is 36.7. The maximum absolute atomic E-state index is 12.8. The van der Waals surface area contributed by atoms with Crippen molar-refractivity contribution in [3.05, 3.63) is 41.2 Å². The Morgan fingerprint density at radius 3 is 2.64 bits per heavy atom. The molecule has 0 aromatic carbocycles. The van der Waals surface area contributed by atoms with Gasteiger partial charge in [-0.3, -0.25) is 14.3 Å². The molecular formula is C16H18N6O3. The molecule has 130 valence electrons. The monoisotopic (exact) mass is 342 g/mol. The van der Waals surface area contributed by atoms with Crippen LogP contribution in [0.5, 0.6) is 0 Å². The van der Waals surface area contributed by atoms with E-state index in [-0.39, 0.29) is 11.8 Å². The number of nitrogens with zero attached hydrogens (tertiary/aromatic N) is 6. The fraction of sp³-hybridized carbons (Fsp3) is 0.438. The fourth-order valence-electron chi connectivity index (χ4n) is 3.21. The number of ether oxygens (including phenoxy) is 1. The van der Waals surface area contributed by atoms with Crippen LogP contribution in [0.3, 0.4) is 0 Å². The minimum atomic E-state index is -0.177. The first-order chi connectivity index (χ1) is 12.1. The van der Waals surface area contributed by atoms with Crippen LogP contribution in [-0.4, -0.2) is 67.7 Å². The number of hydrogen-bond donors (Lipinski definition) is 0. The average Bonchev–Trinajstić information content (AvgIpc) is 3.23. The fourth-order valence-corrected chi connectivity index (χ4v) is 3.21. The second-order valence-electron chi connectivity index (χ2n) is 6.06. The van der Waals surface area contributed by atoms with Crippen molar-refractivity contribution in [3.8, 4) is 0 Å². The maximum Gasteiger partial charge on any atom is 0.274 e. The third-order valence-electron chi connectivity index (χ3n) is 4.55. The smallest absolute Gasteiger partial charge is 0.274 e. The lowest BCUT2D eigenvalue weighted by Gasteiger charge is -2.26. The number of amides is 2. The normalized spacial score (nSPS) is 16.8. The molecule has 0 saturated carbocycles. The summed E-state index contributed by atoms with van der Waals surface area (Å²) < 4.78 is 6.99. The predicted molar refractivity (Wildman–Crippen MR) is 85.5 cm³/mol. The lowest BCUT2D eigenvalue weighted by Crippen LogP contribution is -2.41. The lowest BCUT2D eigenvalue weighted by atomic mass is 10.2. The number of fused-ring (bicyclic) bond motifs is 1. The molecule has 2 aliphatic heterocycles. The van der Waals surface area contributed by atoms with Gasteiger partial charge in [-0.05, 0) is 6.07 Å². The molecule has 0 N–H and O–H groups in total. The molecule has 2 aromatic heterocycles. The number of morpholine rings is 1. The first kappa shape index (κ1) is 15.7. The molecule has 4 heterocycles.